The Kier molecular flexibility index (Phi) is 5.62. The lowest BCUT2D eigenvalue weighted by atomic mass is 10.3. The van der Waals surface area contributed by atoms with Crippen molar-refractivity contribution in [1.82, 2.24) is 10.6 Å². The Morgan fingerprint density at radius 3 is 2.29 bits per heavy atom. The Morgan fingerprint density at radius 1 is 1.36 bits per heavy atom. The first-order valence-corrected chi connectivity index (χ1v) is 4.42. The van der Waals surface area contributed by atoms with E-state index in [1.54, 1.807) is 6.92 Å². The van der Waals surface area contributed by atoms with E-state index in [-0.39, 0.29) is 6.04 Å². The van der Waals surface area contributed by atoms with E-state index in [1.807, 2.05) is 6.92 Å². The minimum absolute atomic E-state index is 0.0249. The molecule has 2 atom stereocenters. The van der Waals surface area contributed by atoms with Crippen molar-refractivity contribution in [3.63, 3.8) is 0 Å². The van der Waals surface area contributed by atoms with E-state index in [2.05, 4.69) is 10.6 Å². The maximum Gasteiger partial charge on any atom is 0.328 e. The number of hydrogen-bond acceptors (Lipinski definition) is 3. The molecule has 0 heterocycles. The molecule has 4 N–H and O–H groups in total. The molecule has 0 saturated heterocycles. The van der Waals surface area contributed by atoms with Gasteiger partial charge in [-0.1, -0.05) is 6.92 Å². The van der Waals surface area contributed by atoms with Gasteiger partial charge in [-0.15, -0.1) is 0 Å². The van der Waals surface area contributed by atoms with Gasteiger partial charge < -0.3 is 20.8 Å². The number of aliphatic hydroxyl groups is 1. The number of amides is 2. The normalized spacial score (nSPS) is 14.2. The number of carbonyl (C=O) groups is 2. The highest BCUT2D eigenvalue weighted by Crippen LogP contribution is 1.88. The monoisotopic (exact) mass is 204 g/mol. The quantitative estimate of drug-likeness (QED) is 0.486. The first-order valence-electron chi connectivity index (χ1n) is 4.42. The van der Waals surface area contributed by atoms with E-state index in [4.69, 9.17) is 10.2 Å². The largest absolute Gasteiger partial charge is 0.480 e. The van der Waals surface area contributed by atoms with E-state index in [9.17, 15) is 9.59 Å². The molecule has 2 amide bonds. The number of carbonyl (C=O) groups excluding carboxylic acids is 1. The lowest BCUT2D eigenvalue weighted by molar-refractivity contribution is -0.140. The number of rotatable bonds is 5. The van der Waals surface area contributed by atoms with Crippen LogP contribution in [0.5, 0.6) is 0 Å². The van der Waals surface area contributed by atoms with Crippen molar-refractivity contribution in [3.8, 4) is 0 Å². The summed E-state index contributed by atoms with van der Waals surface area (Å²) in [4.78, 5) is 21.5. The molecule has 6 heteroatoms. The van der Waals surface area contributed by atoms with Crippen LogP contribution < -0.4 is 10.6 Å². The van der Waals surface area contributed by atoms with Crippen LogP contribution in [0, 0.1) is 0 Å². The Balaban J connectivity index is 3.97. The highest BCUT2D eigenvalue weighted by molar-refractivity contribution is 5.82. The fourth-order valence-electron chi connectivity index (χ4n) is 0.711. The first kappa shape index (κ1) is 12.7. The smallest absolute Gasteiger partial charge is 0.328 e. The molecule has 0 aromatic carbocycles. The fraction of sp³-hybridized carbons (Fsp3) is 0.750. The summed E-state index contributed by atoms with van der Waals surface area (Å²) in [6, 6.07) is -1.86. The zero-order chi connectivity index (χ0) is 11.1. The molecule has 0 aliphatic carbocycles. The van der Waals surface area contributed by atoms with Gasteiger partial charge >= 0.3 is 12.0 Å². The van der Waals surface area contributed by atoms with E-state index >= 15 is 0 Å². The second-order valence-electron chi connectivity index (χ2n) is 3.00. The number of aliphatic carboxylic acids is 1. The number of aliphatic hydroxyl groups excluding tert-OH is 1. The van der Waals surface area contributed by atoms with Crippen molar-refractivity contribution < 1.29 is 19.8 Å². The molecule has 0 aliphatic heterocycles. The average Bonchev–Trinajstić information content (AvgIpc) is 2.13. The molecule has 0 rings (SSSR count). The molecular formula is C8H16N2O4. The second kappa shape index (κ2) is 6.20. The highest BCUT2D eigenvalue weighted by Gasteiger charge is 2.18. The van der Waals surface area contributed by atoms with Gasteiger partial charge in [0.2, 0.25) is 0 Å². The summed E-state index contributed by atoms with van der Waals surface area (Å²) in [7, 11) is 0. The Labute approximate surface area is 82.3 Å². The van der Waals surface area contributed by atoms with Gasteiger partial charge in [-0.05, 0) is 13.3 Å². The van der Waals surface area contributed by atoms with Gasteiger partial charge in [0, 0.05) is 6.04 Å². The van der Waals surface area contributed by atoms with Crippen LogP contribution >= 0.6 is 0 Å². The summed E-state index contributed by atoms with van der Waals surface area (Å²) in [5, 5.41) is 21.8. The van der Waals surface area contributed by atoms with Crippen molar-refractivity contribution in [1.29, 1.82) is 0 Å². The second-order valence-corrected chi connectivity index (χ2v) is 3.00. The molecule has 0 spiro atoms. The van der Waals surface area contributed by atoms with Crippen molar-refractivity contribution in [3.05, 3.63) is 0 Å². The summed E-state index contributed by atoms with van der Waals surface area (Å²) in [6.45, 7) is 3.07. The summed E-state index contributed by atoms with van der Waals surface area (Å²) in [5.74, 6) is -1.26. The van der Waals surface area contributed by atoms with Gasteiger partial charge in [0.1, 0.15) is 0 Å². The molecule has 14 heavy (non-hydrogen) atoms. The molecule has 6 nitrogen and oxygen atoms in total. The van der Waals surface area contributed by atoms with Gasteiger partial charge in [-0.3, -0.25) is 0 Å². The van der Waals surface area contributed by atoms with E-state index in [0.717, 1.165) is 6.42 Å². The summed E-state index contributed by atoms with van der Waals surface area (Å²) < 4.78 is 0. The van der Waals surface area contributed by atoms with Crippen LogP contribution in [0.3, 0.4) is 0 Å². The van der Waals surface area contributed by atoms with E-state index in [0.29, 0.717) is 0 Å². The van der Waals surface area contributed by atoms with Gasteiger partial charge in [-0.2, -0.15) is 0 Å². The lowest BCUT2D eigenvalue weighted by Crippen LogP contribution is -2.49. The SMILES string of the molecule is CCC(C)NC(=O)NC(CO)C(=O)O. The maximum atomic E-state index is 11.1. The van der Waals surface area contributed by atoms with Gasteiger partial charge in [-0.25, -0.2) is 9.59 Å². The minimum atomic E-state index is -1.26. The Morgan fingerprint density at radius 2 is 1.93 bits per heavy atom. The van der Waals surface area contributed by atoms with Crippen molar-refractivity contribution in [2.24, 2.45) is 0 Å². The molecule has 0 aromatic rings. The topological polar surface area (TPSA) is 98.7 Å². The van der Waals surface area contributed by atoms with Gasteiger partial charge in [0.15, 0.2) is 6.04 Å². The van der Waals surface area contributed by atoms with Crippen LogP contribution in [0.2, 0.25) is 0 Å². The van der Waals surface area contributed by atoms with Crippen molar-refractivity contribution >= 4 is 12.0 Å². The molecule has 0 saturated carbocycles. The first-order chi connectivity index (χ1) is 6.51. The third kappa shape index (κ3) is 4.66. The maximum absolute atomic E-state index is 11.1. The molecule has 0 aliphatic rings. The van der Waals surface area contributed by atoms with Crippen LogP contribution in [0.25, 0.3) is 0 Å². The van der Waals surface area contributed by atoms with Crippen LogP contribution in [-0.4, -0.2) is 40.9 Å². The number of nitrogens with one attached hydrogen (secondary N) is 2. The lowest BCUT2D eigenvalue weighted by Gasteiger charge is -2.15. The fourth-order valence-corrected chi connectivity index (χ4v) is 0.711. The standard InChI is InChI=1S/C8H16N2O4/c1-3-5(2)9-8(14)10-6(4-11)7(12)13/h5-6,11H,3-4H2,1-2H3,(H,12,13)(H2,9,10,14). The Hall–Kier alpha value is -1.30. The third-order valence-corrected chi connectivity index (χ3v) is 1.78. The average molecular weight is 204 g/mol. The molecule has 2 unspecified atom stereocenters. The highest BCUT2D eigenvalue weighted by atomic mass is 16.4. The zero-order valence-electron chi connectivity index (χ0n) is 8.28. The summed E-state index contributed by atoms with van der Waals surface area (Å²) >= 11 is 0. The van der Waals surface area contributed by atoms with Crippen LogP contribution in [0.4, 0.5) is 4.79 Å². The van der Waals surface area contributed by atoms with E-state index < -0.39 is 24.6 Å². The molecular weight excluding hydrogens is 188 g/mol. The Bertz CT molecular complexity index is 208. The number of urea groups is 1. The molecule has 0 fully saturated rings. The summed E-state index contributed by atoms with van der Waals surface area (Å²) in [6.07, 6.45) is 0.754. The number of carboxylic acid groups (broad SMARTS) is 1. The van der Waals surface area contributed by atoms with Gasteiger partial charge in [0.25, 0.3) is 0 Å². The number of carboxylic acids is 1. The van der Waals surface area contributed by atoms with Crippen LogP contribution in [0.15, 0.2) is 0 Å². The van der Waals surface area contributed by atoms with E-state index in [1.165, 1.54) is 0 Å². The molecule has 0 aromatic heterocycles. The van der Waals surface area contributed by atoms with Crippen molar-refractivity contribution in [2.45, 2.75) is 32.4 Å². The molecule has 0 radical (unpaired) electrons. The van der Waals surface area contributed by atoms with Gasteiger partial charge in [0.05, 0.1) is 6.61 Å². The van der Waals surface area contributed by atoms with Crippen molar-refractivity contribution in [2.75, 3.05) is 6.61 Å². The predicted molar refractivity (Wildman–Crippen MR) is 49.9 cm³/mol. The zero-order valence-corrected chi connectivity index (χ0v) is 8.28. The van der Waals surface area contributed by atoms with Crippen LogP contribution in [-0.2, 0) is 4.79 Å². The number of hydrogen-bond donors (Lipinski definition) is 4. The summed E-state index contributed by atoms with van der Waals surface area (Å²) in [5.41, 5.74) is 0. The minimum Gasteiger partial charge on any atom is -0.480 e. The third-order valence-electron chi connectivity index (χ3n) is 1.78. The molecule has 0 bridgehead atoms. The van der Waals surface area contributed by atoms with Crippen LogP contribution in [0.1, 0.15) is 20.3 Å². The predicted octanol–water partition coefficient (Wildman–Crippen LogP) is -0.470. The molecule has 82 valence electrons.